The Morgan fingerprint density at radius 1 is 1.47 bits per heavy atom. The number of nitriles is 1. The molecule has 96 valence electrons. The first kappa shape index (κ1) is 13.2. The number of rotatable bonds is 3. The second kappa shape index (κ2) is 5.59. The van der Waals surface area contributed by atoms with Crippen molar-refractivity contribution in [1.29, 1.82) is 5.26 Å². The van der Waals surface area contributed by atoms with E-state index >= 15 is 0 Å². The third-order valence-electron chi connectivity index (χ3n) is 2.55. The highest BCUT2D eigenvalue weighted by atomic mass is 32.2. The Bertz CT molecular complexity index is 704. The molecule has 0 aliphatic rings. The molecule has 19 heavy (non-hydrogen) atoms. The fourth-order valence-corrected chi connectivity index (χ4v) is 2.01. The number of aromatic nitrogens is 2. The number of hydrogen-bond acceptors (Lipinski definition) is 5. The lowest BCUT2D eigenvalue weighted by atomic mass is 10.1. The summed E-state index contributed by atoms with van der Waals surface area (Å²) >= 11 is 1.31. The van der Waals surface area contributed by atoms with Crippen LogP contribution < -0.4 is 10.3 Å². The molecule has 0 unspecified atom stereocenters. The van der Waals surface area contributed by atoms with Crippen molar-refractivity contribution in [2.45, 2.75) is 5.16 Å². The largest absolute Gasteiger partial charge is 0.497 e. The van der Waals surface area contributed by atoms with E-state index in [-0.39, 0.29) is 5.56 Å². The molecular formula is C13H11N3O2S. The van der Waals surface area contributed by atoms with Crippen LogP contribution in [0.25, 0.3) is 11.3 Å². The lowest BCUT2D eigenvalue weighted by molar-refractivity contribution is 0.415. The number of hydrogen-bond donors (Lipinski definition) is 1. The molecule has 0 aliphatic heterocycles. The quantitative estimate of drug-likeness (QED) is 0.684. The van der Waals surface area contributed by atoms with Gasteiger partial charge in [0.1, 0.15) is 17.4 Å². The van der Waals surface area contributed by atoms with Gasteiger partial charge in [0, 0.05) is 5.56 Å². The van der Waals surface area contributed by atoms with Crippen LogP contribution in [0, 0.1) is 11.3 Å². The lowest BCUT2D eigenvalue weighted by Crippen LogP contribution is -2.14. The summed E-state index contributed by atoms with van der Waals surface area (Å²) in [6, 6.07) is 9.00. The van der Waals surface area contributed by atoms with Gasteiger partial charge in [0.15, 0.2) is 5.16 Å². The Kier molecular flexibility index (Phi) is 3.88. The van der Waals surface area contributed by atoms with Crippen molar-refractivity contribution in [2.75, 3.05) is 13.4 Å². The molecule has 1 heterocycles. The fraction of sp³-hybridized carbons (Fsp3) is 0.154. The molecule has 0 spiro atoms. The molecule has 0 saturated heterocycles. The average Bonchev–Trinajstić information content (AvgIpc) is 2.46. The maximum Gasteiger partial charge on any atom is 0.270 e. The van der Waals surface area contributed by atoms with Crippen molar-refractivity contribution in [3.8, 4) is 23.1 Å². The predicted octanol–water partition coefficient (Wildman–Crippen LogP) is 2.04. The summed E-state index contributed by atoms with van der Waals surface area (Å²) in [5, 5.41) is 9.58. The summed E-state index contributed by atoms with van der Waals surface area (Å²) in [5.41, 5.74) is 0.623. The number of aromatic amines is 1. The van der Waals surface area contributed by atoms with Crippen LogP contribution in [0.3, 0.4) is 0 Å². The van der Waals surface area contributed by atoms with E-state index in [1.54, 1.807) is 37.6 Å². The van der Waals surface area contributed by atoms with E-state index in [9.17, 15) is 4.79 Å². The minimum Gasteiger partial charge on any atom is -0.497 e. The van der Waals surface area contributed by atoms with Gasteiger partial charge in [-0.05, 0) is 18.4 Å². The van der Waals surface area contributed by atoms with Crippen molar-refractivity contribution in [2.24, 2.45) is 0 Å². The van der Waals surface area contributed by atoms with Crippen LogP contribution in [-0.2, 0) is 0 Å². The lowest BCUT2D eigenvalue weighted by Gasteiger charge is -2.06. The number of nitrogens with one attached hydrogen (secondary N) is 1. The van der Waals surface area contributed by atoms with Gasteiger partial charge < -0.3 is 9.72 Å². The van der Waals surface area contributed by atoms with Crippen LogP contribution in [-0.4, -0.2) is 23.3 Å². The Morgan fingerprint density at radius 2 is 2.26 bits per heavy atom. The first-order valence-electron chi connectivity index (χ1n) is 5.42. The van der Waals surface area contributed by atoms with Gasteiger partial charge in [-0.15, -0.1) is 0 Å². The van der Waals surface area contributed by atoms with Gasteiger partial charge in [0.05, 0.1) is 12.8 Å². The molecule has 0 atom stereocenters. The van der Waals surface area contributed by atoms with Crippen LogP contribution in [0.4, 0.5) is 0 Å². The topological polar surface area (TPSA) is 78.8 Å². The normalized spacial score (nSPS) is 9.95. The highest BCUT2D eigenvalue weighted by Gasteiger charge is 2.13. The summed E-state index contributed by atoms with van der Waals surface area (Å²) in [6.07, 6.45) is 1.81. The Hall–Kier alpha value is -2.26. The molecule has 1 aromatic carbocycles. The van der Waals surface area contributed by atoms with Crippen LogP contribution in [0.2, 0.25) is 0 Å². The third kappa shape index (κ3) is 2.61. The molecule has 1 N–H and O–H groups in total. The van der Waals surface area contributed by atoms with Gasteiger partial charge >= 0.3 is 0 Å². The van der Waals surface area contributed by atoms with Crippen LogP contribution in [0.1, 0.15) is 5.56 Å². The zero-order valence-electron chi connectivity index (χ0n) is 10.4. The van der Waals surface area contributed by atoms with E-state index in [0.29, 0.717) is 22.2 Å². The molecule has 2 rings (SSSR count). The molecule has 0 amide bonds. The van der Waals surface area contributed by atoms with Gasteiger partial charge in [-0.2, -0.15) is 5.26 Å². The Morgan fingerprint density at radius 3 is 2.89 bits per heavy atom. The summed E-state index contributed by atoms with van der Waals surface area (Å²) < 4.78 is 5.13. The van der Waals surface area contributed by atoms with Gasteiger partial charge in [-0.3, -0.25) is 4.79 Å². The monoisotopic (exact) mass is 273 g/mol. The van der Waals surface area contributed by atoms with E-state index in [2.05, 4.69) is 9.97 Å². The zero-order chi connectivity index (χ0) is 13.8. The first-order valence-corrected chi connectivity index (χ1v) is 6.65. The van der Waals surface area contributed by atoms with Crippen molar-refractivity contribution in [3.05, 3.63) is 40.2 Å². The number of thioether (sulfide) groups is 1. The number of H-pyrrole nitrogens is 1. The van der Waals surface area contributed by atoms with Crippen LogP contribution in [0.5, 0.6) is 5.75 Å². The minimum absolute atomic E-state index is 0.00560. The van der Waals surface area contributed by atoms with Gasteiger partial charge in [0.2, 0.25) is 0 Å². The van der Waals surface area contributed by atoms with E-state index < -0.39 is 5.56 Å². The van der Waals surface area contributed by atoms with Gasteiger partial charge in [-0.25, -0.2) is 4.98 Å². The van der Waals surface area contributed by atoms with Gasteiger partial charge in [-0.1, -0.05) is 23.9 Å². The van der Waals surface area contributed by atoms with E-state index in [4.69, 9.17) is 10.00 Å². The number of nitrogens with zero attached hydrogens (tertiary/aromatic N) is 2. The molecule has 0 fully saturated rings. The summed E-state index contributed by atoms with van der Waals surface area (Å²) in [5.74, 6) is 0.647. The summed E-state index contributed by atoms with van der Waals surface area (Å²) in [6.45, 7) is 0. The molecular weight excluding hydrogens is 262 g/mol. The standard InChI is InChI=1S/C13H11N3O2S/c1-18-9-5-3-4-8(6-9)11-10(7-14)12(17)16-13(15-11)19-2/h3-6H,1-2H3,(H,15,16,17). The number of methoxy groups -OCH3 is 1. The molecule has 0 aliphatic carbocycles. The van der Waals surface area contributed by atoms with E-state index in [1.165, 1.54) is 11.8 Å². The SMILES string of the molecule is COc1cccc(-c2nc(SC)[nH]c(=O)c2C#N)c1. The smallest absolute Gasteiger partial charge is 0.270 e. The molecule has 2 aromatic rings. The third-order valence-corrected chi connectivity index (χ3v) is 3.13. The average molecular weight is 273 g/mol. The molecule has 5 nitrogen and oxygen atoms in total. The second-order valence-corrected chi connectivity index (χ2v) is 4.44. The maximum absolute atomic E-state index is 11.8. The van der Waals surface area contributed by atoms with Gasteiger partial charge in [0.25, 0.3) is 5.56 Å². The highest BCUT2D eigenvalue weighted by molar-refractivity contribution is 7.98. The van der Waals surface area contributed by atoms with Crippen molar-refractivity contribution < 1.29 is 4.74 Å². The fourth-order valence-electron chi connectivity index (χ4n) is 1.63. The van der Waals surface area contributed by atoms with Crippen LogP contribution >= 0.6 is 11.8 Å². The van der Waals surface area contributed by atoms with Crippen molar-refractivity contribution in [1.82, 2.24) is 9.97 Å². The first-order chi connectivity index (χ1) is 9.19. The number of ether oxygens (including phenoxy) is 1. The maximum atomic E-state index is 11.8. The molecule has 0 saturated carbocycles. The minimum atomic E-state index is -0.431. The Balaban J connectivity index is 2.69. The highest BCUT2D eigenvalue weighted by Crippen LogP contribution is 2.24. The summed E-state index contributed by atoms with van der Waals surface area (Å²) in [4.78, 5) is 18.7. The Labute approximate surface area is 114 Å². The number of benzene rings is 1. The summed E-state index contributed by atoms with van der Waals surface area (Å²) in [7, 11) is 1.56. The zero-order valence-corrected chi connectivity index (χ0v) is 11.2. The molecule has 6 heteroatoms. The predicted molar refractivity (Wildman–Crippen MR) is 73.3 cm³/mol. The van der Waals surface area contributed by atoms with E-state index in [1.807, 2.05) is 6.07 Å². The molecule has 1 aromatic heterocycles. The second-order valence-electron chi connectivity index (χ2n) is 3.64. The van der Waals surface area contributed by atoms with Crippen LogP contribution in [0.15, 0.2) is 34.2 Å². The van der Waals surface area contributed by atoms with Crippen molar-refractivity contribution in [3.63, 3.8) is 0 Å². The van der Waals surface area contributed by atoms with E-state index in [0.717, 1.165) is 0 Å². The molecule has 0 radical (unpaired) electrons. The van der Waals surface area contributed by atoms with Crippen molar-refractivity contribution >= 4 is 11.8 Å². The molecule has 0 bridgehead atoms.